The number of nitrogens with zero attached hydrogens (tertiary/aromatic N) is 2. The molecule has 3 nitrogen and oxygen atoms in total. The predicted molar refractivity (Wildman–Crippen MR) is 75.9 cm³/mol. The lowest BCUT2D eigenvalue weighted by Gasteiger charge is -2.37. The third-order valence-electron chi connectivity index (χ3n) is 5.24. The highest BCUT2D eigenvalue weighted by Crippen LogP contribution is 2.27. The summed E-state index contributed by atoms with van der Waals surface area (Å²) in [7, 11) is 2.26. The number of piperidine rings is 1. The highest BCUT2D eigenvalue weighted by Gasteiger charge is 2.32. The van der Waals surface area contributed by atoms with E-state index >= 15 is 0 Å². The standard InChI is InChI=1S/C15H29N3/c1-17-8-2-4-13(6-10-17)16-14-7-11-18-9-3-5-15(18)12-14/h13-16H,2-12H2,1H3. The van der Waals surface area contributed by atoms with Crippen molar-refractivity contribution in [1.29, 1.82) is 0 Å². The molecule has 3 atom stereocenters. The van der Waals surface area contributed by atoms with Crippen molar-refractivity contribution in [1.82, 2.24) is 15.1 Å². The third-order valence-corrected chi connectivity index (χ3v) is 5.24. The zero-order valence-electron chi connectivity index (χ0n) is 11.9. The van der Waals surface area contributed by atoms with Crippen LogP contribution in [0.25, 0.3) is 0 Å². The van der Waals surface area contributed by atoms with Crippen LogP contribution < -0.4 is 5.32 Å². The van der Waals surface area contributed by atoms with E-state index in [0.717, 1.165) is 18.1 Å². The van der Waals surface area contributed by atoms with E-state index in [0.29, 0.717) is 0 Å². The number of rotatable bonds is 2. The Morgan fingerprint density at radius 2 is 1.67 bits per heavy atom. The molecule has 18 heavy (non-hydrogen) atoms. The summed E-state index contributed by atoms with van der Waals surface area (Å²) in [5, 5.41) is 3.98. The summed E-state index contributed by atoms with van der Waals surface area (Å²) in [6.45, 7) is 5.28. The number of hydrogen-bond donors (Lipinski definition) is 1. The second kappa shape index (κ2) is 5.89. The fourth-order valence-corrected chi connectivity index (χ4v) is 4.12. The smallest absolute Gasteiger partial charge is 0.0111 e. The summed E-state index contributed by atoms with van der Waals surface area (Å²) in [4.78, 5) is 5.21. The van der Waals surface area contributed by atoms with Gasteiger partial charge < -0.3 is 15.1 Å². The molecule has 3 aliphatic rings. The Kier molecular flexibility index (Phi) is 4.22. The van der Waals surface area contributed by atoms with Crippen LogP contribution in [-0.4, -0.2) is 61.2 Å². The molecule has 3 saturated heterocycles. The molecule has 3 fully saturated rings. The minimum Gasteiger partial charge on any atom is -0.311 e. The van der Waals surface area contributed by atoms with Crippen LogP contribution >= 0.6 is 0 Å². The minimum atomic E-state index is 0.785. The highest BCUT2D eigenvalue weighted by molar-refractivity contribution is 4.90. The van der Waals surface area contributed by atoms with Gasteiger partial charge >= 0.3 is 0 Å². The maximum atomic E-state index is 3.98. The predicted octanol–water partition coefficient (Wildman–Crippen LogP) is 1.69. The number of fused-ring (bicyclic) bond motifs is 1. The summed E-state index contributed by atoms with van der Waals surface area (Å²) >= 11 is 0. The van der Waals surface area contributed by atoms with E-state index < -0.39 is 0 Å². The second-order valence-electron chi connectivity index (χ2n) is 6.65. The first-order valence-electron chi connectivity index (χ1n) is 8.00. The quantitative estimate of drug-likeness (QED) is 0.806. The molecule has 0 aliphatic carbocycles. The second-order valence-corrected chi connectivity index (χ2v) is 6.65. The van der Waals surface area contributed by atoms with Crippen molar-refractivity contribution in [2.24, 2.45) is 0 Å². The van der Waals surface area contributed by atoms with E-state index in [1.807, 2.05) is 0 Å². The summed E-state index contributed by atoms with van der Waals surface area (Å²) in [6.07, 6.45) is 9.78. The van der Waals surface area contributed by atoms with Crippen LogP contribution in [0.5, 0.6) is 0 Å². The van der Waals surface area contributed by atoms with Gasteiger partial charge in [-0.05, 0) is 78.2 Å². The van der Waals surface area contributed by atoms with Crippen LogP contribution in [0.2, 0.25) is 0 Å². The zero-order valence-corrected chi connectivity index (χ0v) is 11.9. The van der Waals surface area contributed by atoms with Gasteiger partial charge in [0.2, 0.25) is 0 Å². The molecule has 0 saturated carbocycles. The molecule has 104 valence electrons. The van der Waals surface area contributed by atoms with E-state index in [1.165, 1.54) is 71.1 Å². The molecule has 3 unspecified atom stereocenters. The summed E-state index contributed by atoms with van der Waals surface area (Å²) in [6, 6.07) is 2.50. The Hall–Kier alpha value is -0.120. The van der Waals surface area contributed by atoms with Gasteiger partial charge in [0.25, 0.3) is 0 Å². The first-order chi connectivity index (χ1) is 8.81. The fourth-order valence-electron chi connectivity index (χ4n) is 4.12. The van der Waals surface area contributed by atoms with Crippen molar-refractivity contribution in [3.8, 4) is 0 Å². The Bertz CT molecular complexity index is 268. The zero-order chi connectivity index (χ0) is 12.4. The normalized spacial score (nSPS) is 39.5. The SMILES string of the molecule is CN1CCCC(NC2CCN3CCCC3C2)CC1. The Morgan fingerprint density at radius 3 is 2.61 bits per heavy atom. The molecule has 0 spiro atoms. The van der Waals surface area contributed by atoms with Gasteiger partial charge in [-0.2, -0.15) is 0 Å². The topological polar surface area (TPSA) is 18.5 Å². The molecule has 0 aromatic heterocycles. The van der Waals surface area contributed by atoms with Gasteiger partial charge in [0, 0.05) is 18.1 Å². The van der Waals surface area contributed by atoms with E-state index in [9.17, 15) is 0 Å². The van der Waals surface area contributed by atoms with Crippen LogP contribution in [-0.2, 0) is 0 Å². The lowest BCUT2D eigenvalue weighted by molar-refractivity contribution is 0.159. The molecule has 0 aromatic carbocycles. The van der Waals surface area contributed by atoms with Crippen LogP contribution in [0.1, 0.15) is 44.9 Å². The molecule has 0 bridgehead atoms. The molecule has 3 rings (SSSR count). The van der Waals surface area contributed by atoms with Crippen molar-refractivity contribution in [3.63, 3.8) is 0 Å². The average Bonchev–Trinajstić information content (AvgIpc) is 2.74. The molecule has 0 radical (unpaired) electrons. The lowest BCUT2D eigenvalue weighted by Crippen LogP contribution is -2.48. The van der Waals surface area contributed by atoms with Gasteiger partial charge in [-0.3, -0.25) is 0 Å². The average molecular weight is 251 g/mol. The minimum absolute atomic E-state index is 0.785. The van der Waals surface area contributed by atoms with Gasteiger partial charge in [-0.1, -0.05) is 0 Å². The van der Waals surface area contributed by atoms with E-state index in [1.54, 1.807) is 0 Å². The van der Waals surface area contributed by atoms with Crippen molar-refractivity contribution < 1.29 is 0 Å². The lowest BCUT2D eigenvalue weighted by atomic mass is 9.96. The summed E-state index contributed by atoms with van der Waals surface area (Å²) in [5.41, 5.74) is 0. The van der Waals surface area contributed by atoms with Gasteiger partial charge in [0.1, 0.15) is 0 Å². The van der Waals surface area contributed by atoms with Crippen LogP contribution in [0.15, 0.2) is 0 Å². The molecular weight excluding hydrogens is 222 g/mol. The van der Waals surface area contributed by atoms with Gasteiger partial charge in [0.05, 0.1) is 0 Å². The number of likely N-dealkylation sites (tertiary alicyclic amines) is 1. The van der Waals surface area contributed by atoms with E-state index in [-0.39, 0.29) is 0 Å². The largest absolute Gasteiger partial charge is 0.311 e. The van der Waals surface area contributed by atoms with E-state index in [4.69, 9.17) is 0 Å². The Labute approximate surface area is 112 Å². The number of hydrogen-bond acceptors (Lipinski definition) is 3. The summed E-state index contributed by atoms with van der Waals surface area (Å²) in [5.74, 6) is 0. The molecule has 1 N–H and O–H groups in total. The van der Waals surface area contributed by atoms with Crippen molar-refractivity contribution in [3.05, 3.63) is 0 Å². The number of nitrogens with one attached hydrogen (secondary N) is 1. The molecular formula is C15H29N3. The highest BCUT2D eigenvalue weighted by atomic mass is 15.2. The molecule has 3 aliphatic heterocycles. The van der Waals surface area contributed by atoms with Crippen molar-refractivity contribution in [2.45, 2.75) is 63.1 Å². The summed E-state index contributed by atoms with van der Waals surface area (Å²) < 4.78 is 0. The van der Waals surface area contributed by atoms with Crippen LogP contribution in [0.3, 0.4) is 0 Å². The van der Waals surface area contributed by atoms with Gasteiger partial charge in [-0.25, -0.2) is 0 Å². The molecule has 0 aromatic rings. The third kappa shape index (κ3) is 3.06. The van der Waals surface area contributed by atoms with Crippen LogP contribution in [0, 0.1) is 0 Å². The van der Waals surface area contributed by atoms with Crippen molar-refractivity contribution >= 4 is 0 Å². The maximum Gasteiger partial charge on any atom is 0.0111 e. The van der Waals surface area contributed by atoms with E-state index in [2.05, 4.69) is 22.2 Å². The molecule has 3 heteroatoms. The first kappa shape index (κ1) is 12.9. The monoisotopic (exact) mass is 251 g/mol. The van der Waals surface area contributed by atoms with Crippen LogP contribution in [0.4, 0.5) is 0 Å². The fraction of sp³-hybridized carbons (Fsp3) is 1.00. The maximum absolute atomic E-state index is 3.98. The van der Waals surface area contributed by atoms with Crippen molar-refractivity contribution in [2.75, 3.05) is 33.2 Å². The van der Waals surface area contributed by atoms with Gasteiger partial charge in [-0.15, -0.1) is 0 Å². The van der Waals surface area contributed by atoms with Gasteiger partial charge in [0.15, 0.2) is 0 Å². The Balaban J connectivity index is 1.47. The first-order valence-corrected chi connectivity index (χ1v) is 8.00. The molecule has 3 heterocycles. The molecule has 0 amide bonds. The Morgan fingerprint density at radius 1 is 0.833 bits per heavy atom.